The van der Waals surface area contributed by atoms with Crippen LogP contribution in [0.3, 0.4) is 0 Å². The number of nitrogens with zero attached hydrogens (tertiary/aromatic N) is 3. The molecule has 0 aliphatic heterocycles. The fraction of sp³-hybridized carbons (Fsp3) is 0.607. The van der Waals surface area contributed by atoms with Crippen LogP contribution in [-0.2, 0) is 16.0 Å². The largest absolute Gasteiger partial charge is 0.393 e. The van der Waals surface area contributed by atoms with Crippen LogP contribution in [0.25, 0.3) is 11.8 Å². The summed E-state index contributed by atoms with van der Waals surface area (Å²) in [6.45, 7) is 4.58. The number of hydrogen-bond acceptors (Lipinski definition) is 6. The van der Waals surface area contributed by atoms with E-state index in [0.717, 1.165) is 49.0 Å². The Morgan fingerprint density at radius 1 is 1.28 bits per heavy atom. The number of carbonyl (C=O) groups is 1. The quantitative estimate of drug-likeness (QED) is 0.458. The van der Waals surface area contributed by atoms with E-state index < -0.39 is 12.1 Å². The molecule has 3 saturated carbocycles. The van der Waals surface area contributed by atoms with Crippen LogP contribution in [0.15, 0.2) is 30.1 Å². The van der Waals surface area contributed by atoms with Gasteiger partial charge in [-0.2, -0.15) is 9.49 Å². The van der Waals surface area contributed by atoms with Gasteiger partial charge in [0.2, 0.25) is 5.95 Å². The summed E-state index contributed by atoms with van der Waals surface area (Å²) in [6.07, 6.45) is 10.8. The monoisotopic (exact) mass is 511 g/mol. The van der Waals surface area contributed by atoms with E-state index in [-0.39, 0.29) is 27.8 Å². The van der Waals surface area contributed by atoms with Crippen LogP contribution in [-0.4, -0.2) is 44.1 Å². The van der Waals surface area contributed by atoms with Crippen LogP contribution in [0.4, 0.5) is 4.39 Å². The van der Waals surface area contributed by atoms with Crippen LogP contribution in [0.2, 0.25) is 0 Å². The number of thioether (sulfide) groups is 1. The van der Waals surface area contributed by atoms with Crippen LogP contribution in [0, 0.1) is 40.4 Å². The average molecular weight is 512 g/mol. The Hall–Kier alpha value is -2.03. The Kier molecular flexibility index (Phi) is 5.93. The van der Waals surface area contributed by atoms with Crippen LogP contribution in [0.5, 0.6) is 0 Å². The second-order valence-corrected chi connectivity index (χ2v) is 12.6. The molecule has 3 fully saturated rings. The molecule has 0 spiro atoms. The lowest BCUT2D eigenvalue weighted by molar-refractivity contribution is -0.136. The zero-order valence-corrected chi connectivity index (χ0v) is 21.9. The maximum absolute atomic E-state index is 13.4. The van der Waals surface area contributed by atoms with Crippen molar-refractivity contribution in [1.29, 1.82) is 0 Å². The van der Waals surface area contributed by atoms with Crippen molar-refractivity contribution in [2.75, 3.05) is 13.0 Å². The molecular formula is C28H34FN3O3S. The molecule has 0 amide bonds. The van der Waals surface area contributed by atoms with Crippen LogP contribution in [0.1, 0.15) is 57.2 Å². The molecule has 4 aliphatic rings. The first kappa shape index (κ1) is 24.3. The third-order valence-corrected chi connectivity index (χ3v) is 10.9. The molecule has 0 bridgehead atoms. The number of hydrogen-bond donors (Lipinski definition) is 1. The van der Waals surface area contributed by atoms with Crippen molar-refractivity contribution in [1.82, 2.24) is 14.8 Å². The Labute approximate surface area is 215 Å². The van der Waals surface area contributed by atoms with E-state index in [2.05, 4.69) is 30.0 Å². The van der Waals surface area contributed by atoms with E-state index in [0.29, 0.717) is 24.2 Å². The smallest absolute Gasteiger partial charge is 0.212 e. The summed E-state index contributed by atoms with van der Waals surface area (Å²) >= 11 is 1.28. The summed E-state index contributed by atoms with van der Waals surface area (Å²) in [6, 6.07) is 3.06. The summed E-state index contributed by atoms with van der Waals surface area (Å²) in [5, 5.41) is 16.6. The summed E-state index contributed by atoms with van der Waals surface area (Å²) in [7, 11) is 1.62. The molecule has 7 unspecified atom stereocenters. The van der Waals surface area contributed by atoms with Crippen molar-refractivity contribution in [3.63, 3.8) is 0 Å². The van der Waals surface area contributed by atoms with Crippen molar-refractivity contribution < 1.29 is 19.0 Å². The maximum atomic E-state index is 13.4. The van der Waals surface area contributed by atoms with Gasteiger partial charge in [-0.05, 0) is 90.9 Å². The second-order valence-electron chi connectivity index (χ2n) is 11.7. The minimum atomic E-state index is -0.504. The first-order chi connectivity index (χ1) is 17.3. The number of aliphatic hydroxyl groups excluding tert-OH is 1. The lowest BCUT2D eigenvalue weighted by Crippen LogP contribution is -2.57. The molecule has 36 heavy (non-hydrogen) atoms. The molecule has 2 aromatic heterocycles. The van der Waals surface area contributed by atoms with Gasteiger partial charge >= 0.3 is 0 Å². The van der Waals surface area contributed by atoms with Crippen molar-refractivity contribution in [3.05, 3.63) is 47.3 Å². The number of allylic oxidation sites excluding steroid dienone is 1. The molecule has 0 aromatic carbocycles. The highest BCUT2D eigenvalue weighted by Crippen LogP contribution is 2.67. The Morgan fingerprint density at radius 2 is 2.11 bits per heavy atom. The van der Waals surface area contributed by atoms with E-state index in [1.54, 1.807) is 13.2 Å². The van der Waals surface area contributed by atoms with Crippen LogP contribution < -0.4 is 0 Å². The average Bonchev–Trinajstić information content (AvgIpc) is 3.40. The molecule has 192 valence electrons. The lowest BCUT2D eigenvalue weighted by Gasteiger charge is -2.59. The molecule has 4 aliphatic carbocycles. The lowest BCUT2D eigenvalue weighted by atomic mass is 9.46. The highest BCUT2D eigenvalue weighted by Gasteiger charge is 2.63. The van der Waals surface area contributed by atoms with E-state index >= 15 is 0 Å². The number of aromatic nitrogens is 3. The highest BCUT2D eigenvalue weighted by atomic mass is 32.2. The molecule has 2 aromatic rings. The van der Waals surface area contributed by atoms with Gasteiger partial charge in [0.15, 0.2) is 5.12 Å². The molecular weight excluding hydrogens is 477 g/mol. The third-order valence-electron chi connectivity index (χ3n) is 9.98. The van der Waals surface area contributed by atoms with Gasteiger partial charge in [-0.3, -0.25) is 4.79 Å². The number of fused-ring (bicyclic) bond motifs is 6. The minimum Gasteiger partial charge on any atom is -0.393 e. The van der Waals surface area contributed by atoms with Gasteiger partial charge in [0.25, 0.3) is 0 Å². The number of pyridine rings is 1. The van der Waals surface area contributed by atoms with E-state index in [4.69, 9.17) is 4.74 Å². The fourth-order valence-corrected chi connectivity index (χ4v) is 9.31. The zero-order chi connectivity index (χ0) is 25.2. The predicted octanol–water partition coefficient (Wildman–Crippen LogP) is 5.04. The highest BCUT2D eigenvalue weighted by molar-refractivity contribution is 8.13. The van der Waals surface area contributed by atoms with Gasteiger partial charge in [-0.1, -0.05) is 31.2 Å². The van der Waals surface area contributed by atoms with Gasteiger partial charge in [0.05, 0.1) is 35.8 Å². The number of aliphatic hydroxyl groups is 1. The second kappa shape index (κ2) is 8.77. The molecule has 6 nitrogen and oxygen atoms in total. The Morgan fingerprint density at radius 3 is 2.86 bits per heavy atom. The molecule has 0 radical (unpaired) electrons. The summed E-state index contributed by atoms with van der Waals surface area (Å²) in [5.41, 5.74) is 4.01. The summed E-state index contributed by atoms with van der Waals surface area (Å²) < 4.78 is 20.4. The normalized spacial score (nSPS) is 36.9. The number of methoxy groups -OCH3 is 1. The molecule has 2 heterocycles. The fourth-order valence-electron chi connectivity index (χ4n) is 8.49. The standard InChI is InChI=1S/C28H34FN3O3S/c1-27-11-16-13-31-32(18-5-9-24(29)30-14-18)22(16)10-17(27)4-6-19-20-7-8-21(26(34)36-15-35-3)28(20,2)12-23(33)25(19)27/h5,9-10,13-14,19-21,23,25,33H,4,6-8,11-12,15H2,1-3H3. The zero-order valence-electron chi connectivity index (χ0n) is 21.1. The van der Waals surface area contributed by atoms with Gasteiger partial charge in [-0.25, -0.2) is 9.67 Å². The van der Waals surface area contributed by atoms with Crippen molar-refractivity contribution in [2.45, 2.75) is 58.5 Å². The number of carbonyl (C=O) groups excluding carboxylic acids is 1. The molecule has 0 saturated heterocycles. The maximum Gasteiger partial charge on any atom is 0.212 e. The summed E-state index contributed by atoms with van der Waals surface area (Å²) in [5.74, 6) is 0.903. The first-order valence-electron chi connectivity index (χ1n) is 13.0. The van der Waals surface area contributed by atoms with Crippen LogP contribution >= 0.6 is 11.8 Å². The van der Waals surface area contributed by atoms with E-state index in [1.165, 1.54) is 29.6 Å². The minimum absolute atomic E-state index is 0.0106. The van der Waals surface area contributed by atoms with E-state index in [1.807, 2.05) is 10.9 Å². The molecule has 7 atom stereocenters. The topological polar surface area (TPSA) is 77.2 Å². The first-order valence-corrected chi connectivity index (χ1v) is 14.0. The van der Waals surface area contributed by atoms with Gasteiger partial charge in [-0.15, -0.1) is 0 Å². The van der Waals surface area contributed by atoms with Crippen molar-refractivity contribution in [3.8, 4) is 5.69 Å². The van der Waals surface area contributed by atoms with Crippen molar-refractivity contribution in [2.24, 2.45) is 34.5 Å². The Bertz CT molecular complexity index is 1210. The predicted molar refractivity (Wildman–Crippen MR) is 137 cm³/mol. The van der Waals surface area contributed by atoms with Gasteiger partial charge < -0.3 is 9.84 Å². The molecule has 8 heteroatoms. The van der Waals surface area contributed by atoms with Crippen molar-refractivity contribution >= 4 is 23.0 Å². The summed E-state index contributed by atoms with van der Waals surface area (Å²) in [4.78, 5) is 16.9. The number of rotatable bonds is 4. The SMILES string of the molecule is COCSC(=O)C1CCC2C3CCC4=Cc5c(cnn5-c5ccc(F)nc5)CC4(C)C3C(O)CC12C. The third kappa shape index (κ3) is 3.55. The molecule has 6 rings (SSSR count). The number of halogens is 1. The molecule has 1 N–H and O–H groups in total. The number of ether oxygens (including phenoxy) is 1. The Balaban J connectivity index is 1.31. The van der Waals surface area contributed by atoms with Gasteiger partial charge in [0, 0.05) is 13.0 Å². The van der Waals surface area contributed by atoms with Gasteiger partial charge in [0.1, 0.15) is 0 Å². The van der Waals surface area contributed by atoms with E-state index in [9.17, 15) is 14.3 Å².